The van der Waals surface area contributed by atoms with Gasteiger partial charge < -0.3 is 25.2 Å². The van der Waals surface area contributed by atoms with Crippen molar-refractivity contribution in [1.82, 2.24) is 0 Å². The van der Waals surface area contributed by atoms with Gasteiger partial charge in [-0.1, -0.05) is 0 Å². The molecule has 1 heterocycles. The predicted molar refractivity (Wildman–Crippen MR) is 39.5 cm³/mol. The minimum Gasteiger partial charge on any atom is -0.394 e. The first-order chi connectivity index (χ1) is 5.90. The average Bonchev–Trinajstić information content (AvgIpc) is 2.08. The number of aliphatic hydroxyl groups is 4. The fourth-order valence-electron chi connectivity index (χ4n) is 1.30. The van der Waals surface area contributed by atoms with Crippen molar-refractivity contribution in [2.24, 2.45) is 0 Å². The first kappa shape index (κ1) is 10.8. The summed E-state index contributed by atoms with van der Waals surface area (Å²) in [5.41, 5.74) is 0. The number of hydrogen-bond donors (Lipinski definition) is 4. The normalized spacial score (nSPS) is 52.2. The lowest BCUT2D eigenvalue weighted by Gasteiger charge is -2.42. The summed E-state index contributed by atoms with van der Waals surface area (Å²) >= 11 is 0. The Hall–Kier alpha value is -0.270. The van der Waals surface area contributed by atoms with Gasteiger partial charge in [0.1, 0.15) is 18.3 Å². The number of hydrogen-bond acceptors (Lipinski definition) is 5. The van der Waals surface area contributed by atoms with E-state index in [1.165, 1.54) is 0 Å². The molecule has 0 aromatic rings. The smallest absolute Gasteiger partial charge is 0.197 e. The molecule has 0 aromatic carbocycles. The molecule has 0 saturated carbocycles. The minimum atomic E-state index is -2.17. The molecule has 4 N–H and O–H groups in total. The van der Waals surface area contributed by atoms with Crippen molar-refractivity contribution in [1.29, 1.82) is 0 Å². The Balaban J connectivity index is 2.79. The fourth-order valence-corrected chi connectivity index (χ4v) is 1.30. The lowest BCUT2D eigenvalue weighted by Crippen LogP contribution is -2.62. The van der Waals surface area contributed by atoms with Crippen LogP contribution in [0.25, 0.3) is 0 Å². The first-order valence-electron chi connectivity index (χ1n) is 3.91. The summed E-state index contributed by atoms with van der Waals surface area (Å²) in [4.78, 5) is 0. The van der Waals surface area contributed by atoms with Crippen LogP contribution in [-0.4, -0.2) is 57.3 Å². The number of halogens is 1. The van der Waals surface area contributed by atoms with Crippen LogP contribution in [-0.2, 0) is 4.74 Å². The molecule has 1 aliphatic heterocycles. The van der Waals surface area contributed by atoms with Gasteiger partial charge in [-0.15, -0.1) is 0 Å². The minimum absolute atomic E-state index is 0.596. The van der Waals surface area contributed by atoms with E-state index >= 15 is 0 Å². The van der Waals surface area contributed by atoms with Gasteiger partial charge in [-0.3, -0.25) is 0 Å². The standard InChI is InChI=1S/C7H13FO5/c1-7(12)6(8)5(11)4(10)3(2-9)13-7/h3-6,9-12H,2H2,1H3/t3-,4+,5+,6-,7+/m1/s1. The zero-order chi connectivity index (χ0) is 10.2. The molecule has 0 aromatic heterocycles. The van der Waals surface area contributed by atoms with Crippen molar-refractivity contribution < 1.29 is 29.6 Å². The monoisotopic (exact) mass is 196 g/mol. The van der Waals surface area contributed by atoms with E-state index in [2.05, 4.69) is 4.74 Å². The summed E-state index contributed by atoms with van der Waals surface area (Å²) in [6.07, 6.45) is -6.54. The van der Waals surface area contributed by atoms with E-state index in [4.69, 9.17) is 15.3 Å². The first-order valence-corrected chi connectivity index (χ1v) is 3.91. The lowest BCUT2D eigenvalue weighted by atomic mass is 9.95. The molecule has 0 spiro atoms. The number of aliphatic hydroxyl groups excluding tert-OH is 3. The molecule has 1 saturated heterocycles. The summed E-state index contributed by atoms with van der Waals surface area (Å²) < 4.78 is 17.7. The quantitative estimate of drug-likeness (QED) is 0.395. The third kappa shape index (κ3) is 1.82. The largest absolute Gasteiger partial charge is 0.394 e. The van der Waals surface area contributed by atoms with E-state index in [0.29, 0.717) is 0 Å². The SMILES string of the molecule is C[C@]1(O)O[C@H](CO)[C@H](O)[C@H](O)[C@H]1F. The van der Waals surface area contributed by atoms with Crippen molar-refractivity contribution in [3.63, 3.8) is 0 Å². The van der Waals surface area contributed by atoms with Gasteiger partial charge in [0.05, 0.1) is 6.61 Å². The molecule has 0 bridgehead atoms. The zero-order valence-electron chi connectivity index (χ0n) is 7.09. The summed E-state index contributed by atoms with van der Waals surface area (Å²) in [6.45, 7) is 0.427. The van der Waals surface area contributed by atoms with Crippen molar-refractivity contribution in [3.8, 4) is 0 Å². The second-order valence-corrected chi connectivity index (χ2v) is 3.28. The molecular formula is C7H13FO5. The maximum atomic E-state index is 13.0. The van der Waals surface area contributed by atoms with Gasteiger partial charge in [-0.2, -0.15) is 0 Å². The van der Waals surface area contributed by atoms with Crippen LogP contribution in [0.15, 0.2) is 0 Å². The highest BCUT2D eigenvalue weighted by molar-refractivity contribution is 4.93. The van der Waals surface area contributed by atoms with E-state index in [-0.39, 0.29) is 0 Å². The van der Waals surface area contributed by atoms with E-state index in [1.807, 2.05) is 0 Å². The molecule has 6 heteroatoms. The van der Waals surface area contributed by atoms with Crippen LogP contribution in [0.1, 0.15) is 6.92 Å². The van der Waals surface area contributed by atoms with Gasteiger partial charge in [0.25, 0.3) is 0 Å². The highest BCUT2D eigenvalue weighted by Crippen LogP contribution is 2.29. The molecule has 0 unspecified atom stereocenters. The highest BCUT2D eigenvalue weighted by atomic mass is 19.1. The van der Waals surface area contributed by atoms with Crippen molar-refractivity contribution >= 4 is 0 Å². The highest BCUT2D eigenvalue weighted by Gasteiger charge is 2.50. The van der Waals surface area contributed by atoms with Gasteiger partial charge in [0, 0.05) is 0 Å². The third-order valence-corrected chi connectivity index (χ3v) is 2.11. The van der Waals surface area contributed by atoms with Crippen molar-refractivity contribution in [2.75, 3.05) is 6.61 Å². The van der Waals surface area contributed by atoms with Crippen LogP contribution in [0, 0.1) is 0 Å². The summed E-state index contributed by atoms with van der Waals surface area (Å²) in [6, 6.07) is 0. The maximum Gasteiger partial charge on any atom is 0.197 e. The van der Waals surface area contributed by atoms with Crippen LogP contribution in [0.2, 0.25) is 0 Å². The zero-order valence-corrected chi connectivity index (χ0v) is 7.09. The van der Waals surface area contributed by atoms with Crippen LogP contribution in [0.3, 0.4) is 0 Å². The number of ether oxygens (including phenoxy) is 1. The van der Waals surface area contributed by atoms with E-state index < -0.39 is 36.9 Å². The number of alkyl halides is 1. The Kier molecular flexibility index (Phi) is 2.88. The molecule has 13 heavy (non-hydrogen) atoms. The summed E-state index contributed by atoms with van der Waals surface area (Å²) in [5, 5.41) is 36.2. The topological polar surface area (TPSA) is 90.2 Å². The molecule has 0 amide bonds. The Bertz CT molecular complexity index is 184. The Morgan fingerprint density at radius 3 is 2.38 bits per heavy atom. The molecule has 1 fully saturated rings. The second kappa shape index (κ2) is 3.47. The van der Waals surface area contributed by atoms with Crippen LogP contribution >= 0.6 is 0 Å². The molecule has 5 nitrogen and oxygen atoms in total. The molecular weight excluding hydrogens is 183 g/mol. The van der Waals surface area contributed by atoms with E-state index in [1.54, 1.807) is 0 Å². The summed E-state index contributed by atoms with van der Waals surface area (Å²) in [7, 11) is 0. The fraction of sp³-hybridized carbons (Fsp3) is 1.00. The molecule has 5 atom stereocenters. The van der Waals surface area contributed by atoms with Gasteiger partial charge in [-0.05, 0) is 6.92 Å². The lowest BCUT2D eigenvalue weighted by molar-refractivity contribution is -0.327. The van der Waals surface area contributed by atoms with Crippen molar-refractivity contribution in [3.05, 3.63) is 0 Å². The predicted octanol–water partition coefficient (Wildman–Crippen LogP) is -1.85. The van der Waals surface area contributed by atoms with Gasteiger partial charge in [0.2, 0.25) is 0 Å². The second-order valence-electron chi connectivity index (χ2n) is 3.28. The van der Waals surface area contributed by atoms with Gasteiger partial charge in [0.15, 0.2) is 12.0 Å². The van der Waals surface area contributed by atoms with E-state index in [9.17, 15) is 9.50 Å². The molecule has 0 aliphatic carbocycles. The molecule has 0 radical (unpaired) electrons. The Morgan fingerprint density at radius 1 is 1.38 bits per heavy atom. The van der Waals surface area contributed by atoms with Crippen LogP contribution < -0.4 is 0 Å². The van der Waals surface area contributed by atoms with Crippen LogP contribution in [0.4, 0.5) is 4.39 Å². The van der Waals surface area contributed by atoms with E-state index in [0.717, 1.165) is 6.92 Å². The molecule has 1 rings (SSSR count). The molecule has 78 valence electrons. The average molecular weight is 196 g/mol. The third-order valence-electron chi connectivity index (χ3n) is 2.11. The maximum absolute atomic E-state index is 13.0. The Morgan fingerprint density at radius 2 is 1.92 bits per heavy atom. The van der Waals surface area contributed by atoms with Gasteiger partial charge in [-0.25, -0.2) is 4.39 Å². The summed E-state index contributed by atoms with van der Waals surface area (Å²) in [5.74, 6) is -2.17. The molecule has 1 aliphatic rings. The Labute approximate surface area is 74.4 Å². The van der Waals surface area contributed by atoms with Crippen molar-refractivity contribution in [2.45, 2.75) is 37.2 Å². The van der Waals surface area contributed by atoms with Gasteiger partial charge >= 0.3 is 0 Å². The van der Waals surface area contributed by atoms with Crippen LogP contribution in [0.5, 0.6) is 0 Å². The number of rotatable bonds is 1.